The summed E-state index contributed by atoms with van der Waals surface area (Å²) in [5, 5.41) is 14.2. The molecule has 1 aliphatic rings. The number of aliphatic hydroxyl groups is 1. The predicted octanol–water partition coefficient (Wildman–Crippen LogP) is 5.19. The van der Waals surface area contributed by atoms with E-state index in [1.54, 1.807) is 40.8 Å². The number of thiazole rings is 1. The first-order chi connectivity index (χ1) is 23.7. The van der Waals surface area contributed by atoms with Gasteiger partial charge in [-0.15, -0.1) is 11.3 Å². The number of carbonyl (C=O) groups excluding carboxylic acids is 3. The minimum atomic E-state index is -2.62. The van der Waals surface area contributed by atoms with E-state index in [4.69, 9.17) is 0 Å². The zero-order valence-corrected chi connectivity index (χ0v) is 29.0. The van der Waals surface area contributed by atoms with Crippen LogP contribution in [0.15, 0.2) is 128 Å². The Labute approximate surface area is 288 Å². The van der Waals surface area contributed by atoms with Crippen LogP contribution in [0, 0.1) is 11.8 Å². The first kappa shape index (κ1) is 32.6. The van der Waals surface area contributed by atoms with E-state index in [2.05, 4.69) is 46.4 Å². The van der Waals surface area contributed by atoms with Crippen molar-refractivity contribution in [3.05, 3.63) is 144 Å². The van der Waals surface area contributed by atoms with Crippen molar-refractivity contribution in [2.24, 2.45) is 11.8 Å². The van der Waals surface area contributed by atoms with Crippen molar-refractivity contribution in [2.45, 2.75) is 32.9 Å². The maximum absolute atomic E-state index is 14.4. The zero-order valence-electron chi connectivity index (χ0n) is 27.3. The standard InChI is InChI=1S/C39H35N4O4PS/c1-25(36(45)32-23-42-24-41-34(39(42)49-32)37(46)28-14-13-21-40-22-28)35-33(26(2)44)38(47)43(35)27(3)48(29-15-7-4-8-16-29,30-17-9-5-10-18-30)31-19-11-6-12-20-31/h4-26,33,35,44H,1-3H3/t25-,26-,33-,35-/m1/s1. The number of likely N-dealkylation sites (tertiary alicyclic amines) is 1. The van der Waals surface area contributed by atoms with E-state index in [0.717, 1.165) is 21.3 Å². The van der Waals surface area contributed by atoms with E-state index in [0.29, 0.717) is 15.3 Å². The minimum absolute atomic E-state index is 0.169. The van der Waals surface area contributed by atoms with Crippen LogP contribution >= 0.6 is 18.2 Å². The average Bonchev–Trinajstić information content (AvgIpc) is 3.73. The molecule has 0 radical (unpaired) electrons. The fraction of sp³-hybridized carbons (Fsp3) is 0.179. The Kier molecular flexibility index (Phi) is 8.75. The smallest absolute Gasteiger partial charge is 0.234 e. The number of hydrogen-bond donors (Lipinski definition) is 1. The molecular formula is C39H35N4O4PS. The zero-order chi connectivity index (χ0) is 34.3. The SMILES string of the molecule is CC(N1C(=O)[C@H]([C@@H](C)O)[C@H]1[C@@H](C)C(=O)c1cn2cnc(C(=O)c3cccnc3)c2s1)=P(c1ccccc1)(c1ccccc1)c1ccccc1. The molecule has 4 atom stereocenters. The highest BCUT2D eigenvalue weighted by Gasteiger charge is 2.55. The van der Waals surface area contributed by atoms with Crippen molar-refractivity contribution in [1.82, 2.24) is 19.3 Å². The lowest BCUT2D eigenvalue weighted by Crippen LogP contribution is -2.69. The first-order valence-electron chi connectivity index (χ1n) is 16.1. The molecule has 6 aromatic rings. The van der Waals surface area contributed by atoms with Gasteiger partial charge in [-0.05, 0) is 48.8 Å². The summed E-state index contributed by atoms with van der Waals surface area (Å²) in [6.45, 7) is 2.84. The number of pyridine rings is 1. The number of Topliss-reactive ketones (excluding diaryl/α,β-unsaturated/α-hetero) is 1. The van der Waals surface area contributed by atoms with Gasteiger partial charge in [0.1, 0.15) is 16.9 Å². The topological polar surface area (TPSA) is 105 Å². The van der Waals surface area contributed by atoms with Crippen molar-refractivity contribution in [1.29, 1.82) is 0 Å². The minimum Gasteiger partial charge on any atom is -0.393 e. The van der Waals surface area contributed by atoms with Crippen molar-refractivity contribution < 1.29 is 19.5 Å². The fourth-order valence-electron chi connectivity index (χ4n) is 7.14. The van der Waals surface area contributed by atoms with Gasteiger partial charge in [0.15, 0.2) is 5.78 Å². The third-order valence-corrected chi connectivity index (χ3v) is 15.0. The molecule has 1 saturated heterocycles. The highest BCUT2D eigenvalue weighted by Crippen LogP contribution is 2.50. The Bertz CT molecular complexity index is 2110. The molecule has 7 rings (SSSR count). The van der Waals surface area contributed by atoms with Crippen LogP contribution in [0.2, 0.25) is 0 Å². The monoisotopic (exact) mass is 686 g/mol. The number of aromatic nitrogens is 3. The van der Waals surface area contributed by atoms with Gasteiger partial charge in [0.05, 0.1) is 22.9 Å². The van der Waals surface area contributed by atoms with Crippen molar-refractivity contribution in [2.75, 3.05) is 0 Å². The van der Waals surface area contributed by atoms with Gasteiger partial charge in [-0.1, -0.05) is 97.9 Å². The van der Waals surface area contributed by atoms with E-state index in [1.165, 1.54) is 23.9 Å². The van der Waals surface area contributed by atoms with Gasteiger partial charge in [0.2, 0.25) is 11.7 Å². The molecule has 1 fully saturated rings. The summed E-state index contributed by atoms with van der Waals surface area (Å²) in [7, 11) is 0. The third kappa shape index (κ3) is 5.39. The third-order valence-electron chi connectivity index (χ3n) is 9.49. The van der Waals surface area contributed by atoms with E-state index in [-0.39, 0.29) is 23.2 Å². The van der Waals surface area contributed by atoms with Crippen LogP contribution < -0.4 is 15.9 Å². The van der Waals surface area contributed by atoms with E-state index in [1.807, 2.05) is 68.4 Å². The number of carbonyl (C=O) groups is 3. The maximum atomic E-state index is 14.4. The Morgan fingerprint density at radius 2 is 1.43 bits per heavy atom. The van der Waals surface area contributed by atoms with E-state index < -0.39 is 30.9 Å². The van der Waals surface area contributed by atoms with Crippen molar-refractivity contribution in [3.63, 3.8) is 0 Å². The summed E-state index contributed by atoms with van der Waals surface area (Å²) in [5.41, 5.74) is 1.52. The molecule has 4 heterocycles. The largest absolute Gasteiger partial charge is 0.393 e. The number of rotatable bonds is 10. The quantitative estimate of drug-likeness (QED) is 0.121. The lowest BCUT2D eigenvalue weighted by atomic mass is 9.75. The molecule has 49 heavy (non-hydrogen) atoms. The van der Waals surface area contributed by atoms with Gasteiger partial charge < -0.3 is 10.0 Å². The van der Waals surface area contributed by atoms with Gasteiger partial charge in [-0.25, -0.2) is 4.98 Å². The number of fused-ring (bicyclic) bond motifs is 1. The number of aliphatic hydroxyl groups excluding tert-OH is 1. The van der Waals surface area contributed by atoms with Gasteiger partial charge in [0.25, 0.3) is 0 Å². The molecule has 10 heteroatoms. The molecule has 0 spiro atoms. The Balaban J connectivity index is 1.36. The summed E-state index contributed by atoms with van der Waals surface area (Å²) in [5.74, 6) is -2.06. The van der Waals surface area contributed by atoms with Crippen LogP contribution in [-0.4, -0.2) is 59.4 Å². The number of β-lactam (4-membered cyclic amide) rings is 1. The molecule has 0 unspecified atom stereocenters. The number of amides is 1. The molecule has 3 aromatic heterocycles. The number of ketones is 2. The van der Waals surface area contributed by atoms with Gasteiger partial charge >= 0.3 is 0 Å². The second-order valence-corrected chi connectivity index (χ2v) is 16.9. The summed E-state index contributed by atoms with van der Waals surface area (Å²) in [4.78, 5) is 53.0. The highest BCUT2D eigenvalue weighted by atomic mass is 32.1. The molecule has 1 amide bonds. The number of nitrogens with zero attached hydrogens (tertiary/aromatic N) is 4. The van der Waals surface area contributed by atoms with Crippen LogP contribution in [0.4, 0.5) is 0 Å². The van der Waals surface area contributed by atoms with Gasteiger partial charge in [-0.2, -0.15) is 0 Å². The average molecular weight is 687 g/mol. The van der Waals surface area contributed by atoms with Crippen molar-refractivity contribution >= 4 is 61.9 Å². The molecule has 3 aromatic carbocycles. The Morgan fingerprint density at radius 3 is 1.94 bits per heavy atom. The summed E-state index contributed by atoms with van der Waals surface area (Å²) in [6.07, 6.45) is 5.37. The van der Waals surface area contributed by atoms with Crippen LogP contribution in [0.5, 0.6) is 0 Å². The Morgan fingerprint density at radius 1 is 0.857 bits per heavy atom. The maximum Gasteiger partial charge on any atom is 0.234 e. The molecule has 0 saturated carbocycles. The highest BCUT2D eigenvalue weighted by molar-refractivity contribution is 7.95. The normalized spacial score (nSPS) is 17.4. The first-order valence-corrected chi connectivity index (χ1v) is 18.7. The van der Waals surface area contributed by atoms with Crippen LogP contribution in [-0.2, 0) is 4.79 Å². The van der Waals surface area contributed by atoms with E-state index in [9.17, 15) is 19.5 Å². The van der Waals surface area contributed by atoms with Crippen LogP contribution in [0.3, 0.4) is 0 Å². The number of imidazole rings is 1. The summed E-state index contributed by atoms with van der Waals surface area (Å²) >= 11 is 1.20. The molecular weight excluding hydrogens is 651 g/mol. The summed E-state index contributed by atoms with van der Waals surface area (Å²) in [6, 6.07) is 33.5. The molecule has 1 aliphatic heterocycles. The number of benzene rings is 3. The van der Waals surface area contributed by atoms with Crippen LogP contribution in [0.25, 0.3) is 4.83 Å². The molecule has 246 valence electrons. The van der Waals surface area contributed by atoms with Gasteiger partial charge in [0, 0.05) is 35.5 Å². The lowest BCUT2D eigenvalue weighted by molar-refractivity contribution is -0.157. The predicted molar refractivity (Wildman–Crippen MR) is 196 cm³/mol. The lowest BCUT2D eigenvalue weighted by Gasteiger charge is -2.53. The molecule has 1 N–H and O–H groups in total. The van der Waals surface area contributed by atoms with Crippen molar-refractivity contribution in [3.8, 4) is 0 Å². The molecule has 0 bridgehead atoms. The Hall–Kier alpha value is -4.95. The second-order valence-electron chi connectivity index (χ2n) is 12.3. The molecule has 0 aliphatic carbocycles. The number of hydrogen-bond acceptors (Lipinski definition) is 7. The fourth-order valence-corrected chi connectivity index (χ4v) is 12.7. The molecule has 8 nitrogen and oxygen atoms in total. The second kappa shape index (κ2) is 13.2. The van der Waals surface area contributed by atoms with E-state index >= 15 is 0 Å². The van der Waals surface area contributed by atoms with Gasteiger partial charge in [-0.3, -0.25) is 23.8 Å². The van der Waals surface area contributed by atoms with Crippen LogP contribution in [0.1, 0.15) is 46.5 Å². The summed E-state index contributed by atoms with van der Waals surface area (Å²) < 4.78 is 1.69.